The Bertz CT molecular complexity index is 716. The number of ether oxygens (including phenoxy) is 1. The Balaban J connectivity index is 1.92. The number of nitrogens with one attached hydrogen (secondary N) is 2. The van der Waals surface area contributed by atoms with Crippen LogP contribution in [0.15, 0.2) is 18.2 Å². The van der Waals surface area contributed by atoms with E-state index in [2.05, 4.69) is 10.6 Å². The van der Waals surface area contributed by atoms with Crippen molar-refractivity contribution >= 4 is 15.9 Å². The maximum atomic E-state index is 12.1. The third kappa shape index (κ3) is 5.63. The molecule has 1 fully saturated rings. The predicted molar refractivity (Wildman–Crippen MR) is 98.6 cm³/mol. The molecule has 1 aliphatic heterocycles. The Kier molecular flexibility index (Phi) is 6.32. The van der Waals surface area contributed by atoms with Crippen LogP contribution in [0.5, 0.6) is 5.75 Å². The molecule has 0 radical (unpaired) electrons. The van der Waals surface area contributed by atoms with Gasteiger partial charge in [-0.25, -0.2) is 13.2 Å². The van der Waals surface area contributed by atoms with Crippen molar-refractivity contribution in [1.29, 1.82) is 0 Å². The molecule has 0 bridgehead atoms. The van der Waals surface area contributed by atoms with Crippen LogP contribution < -0.4 is 15.4 Å². The third-order valence-electron chi connectivity index (χ3n) is 4.33. The molecular weight excluding hydrogens is 340 g/mol. The molecule has 2 amide bonds. The second-order valence-corrected chi connectivity index (χ2v) is 9.48. The number of amides is 2. The van der Waals surface area contributed by atoms with Crippen LogP contribution in [-0.2, 0) is 16.4 Å². The maximum absolute atomic E-state index is 12.1. The molecule has 0 aromatic heterocycles. The van der Waals surface area contributed by atoms with E-state index in [1.165, 1.54) is 0 Å². The van der Waals surface area contributed by atoms with E-state index in [4.69, 9.17) is 4.74 Å². The summed E-state index contributed by atoms with van der Waals surface area (Å²) in [5, 5.41) is 5.24. The highest BCUT2D eigenvalue weighted by Gasteiger charge is 2.31. The minimum absolute atomic E-state index is 0.00777. The molecule has 2 atom stereocenters. The summed E-state index contributed by atoms with van der Waals surface area (Å²) >= 11 is 0. The van der Waals surface area contributed by atoms with E-state index >= 15 is 0 Å². The molecule has 0 spiro atoms. The van der Waals surface area contributed by atoms with Crippen molar-refractivity contribution in [2.24, 2.45) is 0 Å². The summed E-state index contributed by atoms with van der Waals surface area (Å²) in [5.41, 5.74) is 1.98. The van der Waals surface area contributed by atoms with Crippen molar-refractivity contribution in [2.45, 2.75) is 64.5 Å². The van der Waals surface area contributed by atoms with Gasteiger partial charge in [0.05, 0.1) is 17.1 Å². The second kappa shape index (κ2) is 8.08. The predicted octanol–water partition coefficient (Wildman–Crippen LogP) is 2.55. The minimum atomic E-state index is -3.11. The SMILES string of the molecule is Cc1ccc(CNC(=O)NC2CCC(C)S(=O)(=O)C2)c(OC(C)C)c1. The Labute approximate surface area is 150 Å². The number of hydrogen-bond donors (Lipinski definition) is 2. The number of carbonyl (C=O) groups excluding carboxylic acids is 1. The molecule has 25 heavy (non-hydrogen) atoms. The van der Waals surface area contributed by atoms with E-state index in [0.29, 0.717) is 19.4 Å². The number of rotatable bonds is 5. The fraction of sp³-hybridized carbons (Fsp3) is 0.611. The minimum Gasteiger partial charge on any atom is -0.491 e. The lowest BCUT2D eigenvalue weighted by molar-refractivity contribution is 0.233. The second-order valence-electron chi connectivity index (χ2n) is 7.02. The fourth-order valence-corrected chi connectivity index (χ4v) is 4.48. The first-order valence-electron chi connectivity index (χ1n) is 8.69. The standard InChI is InChI=1S/C18H28N2O4S/c1-12(2)24-17-9-13(3)5-7-15(17)10-19-18(21)20-16-8-6-14(4)25(22,23)11-16/h5,7,9,12,14,16H,6,8,10-11H2,1-4H3,(H2,19,20,21). The molecule has 2 N–H and O–H groups in total. The topological polar surface area (TPSA) is 84.5 Å². The molecule has 0 aliphatic carbocycles. The van der Waals surface area contributed by atoms with Crippen LogP contribution >= 0.6 is 0 Å². The highest BCUT2D eigenvalue weighted by atomic mass is 32.2. The lowest BCUT2D eigenvalue weighted by Gasteiger charge is -2.27. The summed E-state index contributed by atoms with van der Waals surface area (Å²) in [6.45, 7) is 7.94. The van der Waals surface area contributed by atoms with E-state index in [-0.39, 0.29) is 29.2 Å². The molecule has 1 aromatic carbocycles. The molecule has 140 valence electrons. The molecule has 1 saturated heterocycles. The Morgan fingerprint density at radius 3 is 2.68 bits per heavy atom. The van der Waals surface area contributed by atoms with Crippen LogP contribution in [0.25, 0.3) is 0 Å². The molecule has 2 unspecified atom stereocenters. The summed E-state index contributed by atoms with van der Waals surface area (Å²) in [6.07, 6.45) is 1.31. The van der Waals surface area contributed by atoms with Gasteiger partial charge in [-0.05, 0) is 52.2 Å². The molecule has 1 aliphatic rings. The van der Waals surface area contributed by atoms with E-state index in [0.717, 1.165) is 16.9 Å². The van der Waals surface area contributed by atoms with Crippen LogP contribution in [0.3, 0.4) is 0 Å². The number of urea groups is 1. The van der Waals surface area contributed by atoms with Gasteiger partial charge in [0.25, 0.3) is 0 Å². The van der Waals surface area contributed by atoms with Crippen LogP contribution in [0.2, 0.25) is 0 Å². The molecule has 2 rings (SSSR count). The van der Waals surface area contributed by atoms with Crippen LogP contribution in [0.1, 0.15) is 44.7 Å². The van der Waals surface area contributed by atoms with Gasteiger partial charge in [-0.1, -0.05) is 12.1 Å². The number of aryl methyl sites for hydroxylation is 1. The first kappa shape index (κ1) is 19.6. The van der Waals surface area contributed by atoms with E-state index in [1.807, 2.05) is 39.0 Å². The van der Waals surface area contributed by atoms with Crippen LogP contribution in [0.4, 0.5) is 4.79 Å². The van der Waals surface area contributed by atoms with Gasteiger partial charge in [0.2, 0.25) is 0 Å². The smallest absolute Gasteiger partial charge is 0.315 e. The van der Waals surface area contributed by atoms with Gasteiger partial charge < -0.3 is 15.4 Å². The van der Waals surface area contributed by atoms with Crippen molar-refractivity contribution in [3.05, 3.63) is 29.3 Å². The lowest BCUT2D eigenvalue weighted by atomic mass is 10.1. The largest absolute Gasteiger partial charge is 0.491 e. The van der Waals surface area contributed by atoms with E-state index < -0.39 is 9.84 Å². The summed E-state index contributed by atoms with van der Waals surface area (Å²) in [4.78, 5) is 12.1. The fourth-order valence-electron chi connectivity index (χ4n) is 2.84. The number of benzene rings is 1. The monoisotopic (exact) mass is 368 g/mol. The van der Waals surface area contributed by atoms with Gasteiger partial charge in [-0.15, -0.1) is 0 Å². The van der Waals surface area contributed by atoms with E-state index in [1.54, 1.807) is 6.92 Å². The lowest BCUT2D eigenvalue weighted by Crippen LogP contribution is -2.48. The number of carbonyl (C=O) groups is 1. The summed E-state index contributed by atoms with van der Waals surface area (Å²) < 4.78 is 29.7. The first-order valence-corrected chi connectivity index (χ1v) is 10.4. The van der Waals surface area contributed by atoms with Crippen molar-refractivity contribution in [2.75, 3.05) is 5.75 Å². The summed E-state index contributed by atoms with van der Waals surface area (Å²) in [7, 11) is -3.11. The van der Waals surface area contributed by atoms with Crippen molar-refractivity contribution in [3.8, 4) is 5.75 Å². The average Bonchev–Trinajstić information content (AvgIpc) is 2.49. The number of sulfone groups is 1. The summed E-state index contributed by atoms with van der Waals surface area (Å²) in [5.74, 6) is 0.762. The van der Waals surface area contributed by atoms with Crippen molar-refractivity contribution in [3.63, 3.8) is 0 Å². The normalized spacial score (nSPS) is 22.4. The highest BCUT2D eigenvalue weighted by Crippen LogP contribution is 2.22. The maximum Gasteiger partial charge on any atom is 0.315 e. The molecular formula is C18H28N2O4S. The van der Waals surface area contributed by atoms with Gasteiger partial charge in [0.1, 0.15) is 5.75 Å². The van der Waals surface area contributed by atoms with Crippen molar-refractivity contribution < 1.29 is 17.9 Å². The zero-order valence-corrected chi connectivity index (χ0v) is 16.2. The Hall–Kier alpha value is -1.76. The zero-order valence-electron chi connectivity index (χ0n) is 15.3. The van der Waals surface area contributed by atoms with Gasteiger partial charge in [-0.2, -0.15) is 0 Å². The van der Waals surface area contributed by atoms with Gasteiger partial charge in [-0.3, -0.25) is 0 Å². The molecule has 1 heterocycles. The molecule has 6 nitrogen and oxygen atoms in total. The average molecular weight is 368 g/mol. The number of hydrogen-bond acceptors (Lipinski definition) is 4. The highest BCUT2D eigenvalue weighted by molar-refractivity contribution is 7.92. The van der Waals surface area contributed by atoms with Crippen LogP contribution in [-0.4, -0.2) is 37.6 Å². The van der Waals surface area contributed by atoms with Gasteiger partial charge in [0.15, 0.2) is 9.84 Å². The van der Waals surface area contributed by atoms with Gasteiger partial charge in [0, 0.05) is 18.2 Å². The van der Waals surface area contributed by atoms with E-state index in [9.17, 15) is 13.2 Å². The molecule has 7 heteroatoms. The Morgan fingerprint density at radius 2 is 2.04 bits per heavy atom. The van der Waals surface area contributed by atoms with Crippen molar-refractivity contribution in [1.82, 2.24) is 10.6 Å². The first-order chi connectivity index (χ1) is 11.7. The third-order valence-corrected chi connectivity index (χ3v) is 6.66. The van der Waals surface area contributed by atoms with Gasteiger partial charge >= 0.3 is 6.03 Å². The zero-order chi connectivity index (χ0) is 18.6. The quantitative estimate of drug-likeness (QED) is 0.836. The molecule has 1 aromatic rings. The van der Waals surface area contributed by atoms with Crippen LogP contribution in [0, 0.1) is 6.92 Å². The Morgan fingerprint density at radius 1 is 1.32 bits per heavy atom. The molecule has 0 saturated carbocycles. The summed E-state index contributed by atoms with van der Waals surface area (Å²) in [6, 6.07) is 5.16.